The van der Waals surface area contributed by atoms with E-state index in [0.717, 1.165) is 56.9 Å². The zero-order valence-corrected chi connectivity index (χ0v) is 17.0. The lowest BCUT2D eigenvalue weighted by Crippen LogP contribution is -2.45. The summed E-state index contributed by atoms with van der Waals surface area (Å²) in [4.78, 5) is 32.9. The first kappa shape index (κ1) is 19.6. The fourth-order valence-electron chi connectivity index (χ4n) is 4.03. The Hall–Kier alpha value is -2.74. The number of aromatic nitrogens is 3. The lowest BCUT2D eigenvalue weighted by molar-refractivity contribution is -0.125. The van der Waals surface area contributed by atoms with Crippen LogP contribution < -0.4 is 15.1 Å². The first-order valence-corrected chi connectivity index (χ1v) is 10.4. The van der Waals surface area contributed by atoms with Crippen LogP contribution in [-0.2, 0) is 11.3 Å². The highest BCUT2D eigenvalue weighted by Gasteiger charge is 2.27. The summed E-state index contributed by atoms with van der Waals surface area (Å²) in [6, 6.07) is 5.81. The summed E-state index contributed by atoms with van der Waals surface area (Å²) in [6.45, 7) is 6.04. The molecule has 2 aromatic heterocycles. The number of nitrogens with one attached hydrogen (secondary N) is 1. The quantitative estimate of drug-likeness (QED) is 0.814. The number of piperazine rings is 1. The van der Waals surface area contributed by atoms with E-state index in [-0.39, 0.29) is 11.8 Å². The molecule has 2 fully saturated rings. The van der Waals surface area contributed by atoms with E-state index in [9.17, 15) is 4.79 Å². The van der Waals surface area contributed by atoms with Crippen LogP contribution in [0.25, 0.3) is 0 Å². The predicted octanol–water partition coefficient (Wildman–Crippen LogP) is 1.16. The summed E-state index contributed by atoms with van der Waals surface area (Å²) in [5.74, 6) is 1.74. The lowest BCUT2D eigenvalue weighted by Gasteiger charge is -2.34. The van der Waals surface area contributed by atoms with Gasteiger partial charge in [0.15, 0.2) is 0 Å². The van der Waals surface area contributed by atoms with E-state index < -0.39 is 0 Å². The van der Waals surface area contributed by atoms with E-state index in [1.807, 2.05) is 18.3 Å². The van der Waals surface area contributed by atoms with Gasteiger partial charge in [0.1, 0.15) is 5.82 Å². The van der Waals surface area contributed by atoms with E-state index in [1.54, 1.807) is 12.4 Å². The standard InChI is InChI=1S/C21H29N7O/c1-26-11-13-27(14-12-26)19-17(5-2-7-22-19)15-25-20(29)18-6-3-10-28(16-18)21-23-8-4-9-24-21/h2,4-5,7-9,18H,3,6,10-16H2,1H3,(H,25,29). The van der Waals surface area contributed by atoms with Crippen LogP contribution in [0.5, 0.6) is 0 Å². The van der Waals surface area contributed by atoms with Crippen molar-refractivity contribution >= 4 is 17.7 Å². The molecule has 0 aliphatic carbocycles. The molecule has 154 valence electrons. The van der Waals surface area contributed by atoms with Crippen molar-refractivity contribution in [3.8, 4) is 0 Å². The lowest BCUT2D eigenvalue weighted by atomic mass is 9.97. The van der Waals surface area contributed by atoms with Crippen molar-refractivity contribution in [3.63, 3.8) is 0 Å². The van der Waals surface area contributed by atoms with Gasteiger partial charge in [-0.3, -0.25) is 4.79 Å². The number of carbonyl (C=O) groups excluding carboxylic acids is 1. The summed E-state index contributed by atoms with van der Waals surface area (Å²) in [5, 5.41) is 3.15. The van der Waals surface area contributed by atoms with Crippen LogP contribution in [-0.4, -0.2) is 72.1 Å². The van der Waals surface area contributed by atoms with Gasteiger partial charge in [-0.15, -0.1) is 0 Å². The number of pyridine rings is 1. The molecule has 0 aromatic carbocycles. The molecule has 1 atom stereocenters. The average Bonchev–Trinajstić information content (AvgIpc) is 2.79. The zero-order chi connectivity index (χ0) is 20.1. The van der Waals surface area contributed by atoms with Crippen LogP contribution in [0, 0.1) is 5.92 Å². The smallest absolute Gasteiger partial charge is 0.225 e. The normalized spacial score (nSPS) is 20.5. The van der Waals surface area contributed by atoms with Gasteiger partial charge in [-0.05, 0) is 32.0 Å². The highest BCUT2D eigenvalue weighted by molar-refractivity contribution is 5.79. The van der Waals surface area contributed by atoms with E-state index in [1.165, 1.54) is 0 Å². The number of likely N-dealkylation sites (N-methyl/N-ethyl adjacent to an activating group) is 1. The molecule has 1 unspecified atom stereocenters. The largest absolute Gasteiger partial charge is 0.354 e. The molecular formula is C21H29N7O. The molecule has 0 saturated carbocycles. The monoisotopic (exact) mass is 395 g/mol. The number of piperidine rings is 1. The highest BCUT2D eigenvalue weighted by Crippen LogP contribution is 2.22. The van der Waals surface area contributed by atoms with Crippen LogP contribution in [0.1, 0.15) is 18.4 Å². The molecule has 2 aliphatic rings. The minimum atomic E-state index is -0.0451. The summed E-state index contributed by atoms with van der Waals surface area (Å²) in [7, 11) is 2.14. The third-order valence-corrected chi connectivity index (χ3v) is 5.75. The molecule has 4 heterocycles. The first-order chi connectivity index (χ1) is 14.2. The third-order valence-electron chi connectivity index (χ3n) is 5.75. The molecule has 2 saturated heterocycles. The van der Waals surface area contributed by atoms with Gasteiger partial charge in [-0.1, -0.05) is 6.07 Å². The molecule has 29 heavy (non-hydrogen) atoms. The van der Waals surface area contributed by atoms with Crippen LogP contribution in [0.3, 0.4) is 0 Å². The Labute approximate surface area is 172 Å². The van der Waals surface area contributed by atoms with Crippen molar-refractivity contribution in [2.45, 2.75) is 19.4 Å². The van der Waals surface area contributed by atoms with Gasteiger partial charge in [0.2, 0.25) is 11.9 Å². The highest BCUT2D eigenvalue weighted by atomic mass is 16.1. The summed E-state index contributed by atoms with van der Waals surface area (Å²) in [5.41, 5.74) is 1.07. The van der Waals surface area contributed by atoms with Gasteiger partial charge in [0.25, 0.3) is 0 Å². The molecule has 0 radical (unpaired) electrons. The van der Waals surface area contributed by atoms with Gasteiger partial charge in [-0.2, -0.15) is 0 Å². The van der Waals surface area contributed by atoms with Crippen molar-refractivity contribution in [2.75, 3.05) is 56.1 Å². The van der Waals surface area contributed by atoms with Crippen LogP contribution >= 0.6 is 0 Å². The second-order valence-corrected chi connectivity index (χ2v) is 7.83. The average molecular weight is 396 g/mol. The Morgan fingerprint density at radius 2 is 1.79 bits per heavy atom. The number of hydrogen-bond donors (Lipinski definition) is 1. The Morgan fingerprint density at radius 3 is 2.59 bits per heavy atom. The van der Waals surface area contributed by atoms with Gasteiger partial charge < -0.3 is 20.0 Å². The van der Waals surface area contributed by atoms with Crippen molar-refractivity contribution in [3.05, 3.63) is 42.4 Å². The Bertz CT molecular complexity index is 808. The van der Waals surface area contributed by atoms with E-state index in [2.05, 4.69) is 48.1 Å². The topological polar surface area (TPSA) is 77.5 Å². The Balaban J connectivity index is 1.36. The molecule has 1 N–H and O–H groups in total. The van der Waals surface area contributed by atoms with Crippen LogP contribution in [0.15, 0.2) is 36.8 Å². The Kier molecular flexibility index (Phi) is 6.19. The van der Waals surface area contributed by atoms with E-state index in [4.69, 9.17) is 0 Å². The molecule has 0 bridgehead atoms. The number of carbonyl (C=O) groups is 1. The molecule has 2 aliphatic heterocycles. The molecule has 1 amide bonds. The minimum absolute atomic E-state index is 0.0451. The Morgan fingerprint density at radius 1 is 1.03 bits per heavy atom. The first-order valence-electron chi connectivity index (χ1n) is 10.4. The van der Waals surface area contributed by atoms with Gasteiger partial charge in [-0.25, -0.2) is 15.0 Å². The second kappa shape index (κ2) is 9.17. The van der Waals surface area contributed by atoms with Crippen molar-refractivity contribution < 1.29 is 4.79 Å². The molecule has 0 spiro atoms. The number of amides is 1. The number of hydrogen-bond acceptors (Lipinski definition) is 7. The zero-order valence-electron chi connectivity index (χ0n) is 17.0. The van der Waals surface area contributed by atoms with Crippen LogP contribution in [0.4, 0.5) is 11.8 Å². The van der Waals surface area contributed by atoms with Gasteiger partial charge in [0.05, 0.1) is 5.92 Å². The summed E-state index contributed by atoms with van der Waals surface area (Å²) in [6.07, 6.45) is 7.18. The minimum Gasteiger partial charge on any atom is -0.354 e. The fourth-order valence-corrected chi connectivity index (χ4v) is 4.03. The van der Waals surface area contributed by atoms with Crippen molar-refractivity contribution in [2.24, 2.45) is 5.92 Å². The maximum absolute atomic E-state index is 12.9. The molecule has 8 nitrogen and oxygen atoms in total. The fraction of sp³-hybridized carbons (Fsp3) is 0.524. The van der Waals surface area contributed by atoms with E-state index >= 15 is 0 Å². The summed E-state index contributed by atoms with van der Waals surface area (Å²) >= 11 is 0. The van der Waals surface area contributed by atoms with Gasteiger partial charge in [0, 0.05) is 70.0 Å². The molecule has 2 aromatic rings. The predicted molar refractivity (Wildman–Crippen MR) is 113 cm³/mol. The molecular weight excluding hydrogens is 366 g/mol. The van der Waals surface area contributed by atoms with Gasteiger partial charge >= 0.3 is 0 Å². The number of nitrogens with zero attached hydrogens (tertiary/aromatic N) is 6. The number of rotatable bonds is 5. The SMILES string of the molecule is CN1CCN(c2ncccc2CNC(=O)C2CCCN(c3ncccn3)C2)CC1. The maximum atomic E-state index is 12.9. The number of anilines is 2. The molecule has 4 rings (SSSR count). The van der Waals surface area contributed by atoms with Crippen molar-refractivity contribution in [1.29, 1.82) is 0 Å². The second-order valence-electron chi connectivity index (χ2n) is 7.83. The molecule has 8 heteroatoms. The van der Waals surface area contributed by atoms with Crippen molar-refractivity contribution in [1.82, 2.24) is 25.2 Å². The third kappa shape index (κ3) is 4.82. The van der Waals surface area contributed by atoms with E-state index in [0.29, 0.717) is 19.0 Å². The maximum Gasteiger partial charge on any atom is 0.225 e. The van der Waals surface area contributed by atoms with Crippen LogP contribution in [0.2, 0.25) is 0 Å². The summed E-state index contributed by atoms with van der Waals surface area (Å²) < 4.78 is 0.